The predicted molar refractivity (Wildman–Crippen MR) is 117 cm³/mol. The lowest BCUT2D eigenvalue weighted by Gasteiger charge is -2.19. The van der Waals surface area contributed by atoms with Crippen molar-refractivity contribution in [3.8, 4) is 0 Å². The molecule has 2 N–H and O–H groups in total. The van der Waals surface area contributed by atoms with Gasteiger partial charge in [-0.3, -0.25) is 9.78 Å². The summed E-state index contributed by atoms with van der Waals surface area (Å²) in [6.07, 6.45) is 1.93. The van der Waals surface area contributed by atoms with Crippen molar-refractivity contribution in [2.75, 3.05) is 0 Å². The summed E-state index contributed by atoms with van der Waals surface area (Å²) in [6.45, 7) is 0.596. The first kappa shape index (κ1) is 20.6. The highest BCUT2D eigenvalue weighted by atomic mass is 16.5. The molecule has 1 aliphatic rings. The van der Waals surface area contributed by atoms with Gasteiger partial charge in [0, 0.05) is 12.1 Å². The molecule has 1 fully saturated rings. The van der Waals surface area contributed by atoms with Gasteiger partial charge in [-0.25, -0.2) is 4.79 Å². The van der Waals surface area contributed by atoms with Crippen molar-refractivity contribution >= 4 is 12.0 Å². The van der Waals surface area contributed by atoms with Gasteiger partial charge < -0.3 is 15.4 Å². The molecule has 6 nitrogen and oxygen atoms in total. The van der Waals surface area contributed by atoms with Crippen molar-refractivity contribution in [1.82, 2.24) is 15.6 Å². The second kappa shape index (κ2) is 9.89. The van der Waals surface area contributed by atoms with Crippen LogP contribution in [0.1, 0.15) is 29.3 Å². The van der Waals surface area contributed by atoms with E-state index in [2.05, 4.69) is 15.6 Å². The van der Waals surface area contributed by atoms with Gasteiger partial charge in [0.15, 0.2) is 0 Å². The molecule has 0 radical (unpaired) electrons. The molecule has 0 spiro atoms. The van der Waals surface area contributed by atoms with Gasteiger partial charge in [0.25, 0.3) is 0 Å². The van der Waals surface area contributed by atoms with Crippen LogP contribution in [0.3, 0.4) is 0 Å². The lowest BCUT2D eigenvalue weighted by atomic mass is 10.0. The van der Waals surface area contributed by atoms with E-state index in [-0.39, 0.29) is 30.4 Å². The first-order chi connectivity index (χ1) is 15.2. The molecule has 158 valence electrons. The summed E-state index contributed by atoms with van der Waals surface area (Å²) in [4.78, 5) is 29.3. The van der Waals surface area contributed by atoms with Crippen LogP contribution in [-0.2, 0) is 22.7 Å². The summed E-state index contributed by atoms with van der Waals surface area (Å²) in [6, 6.07) is 24.6. The number of alkyl carbamates (subject to hydrolysis) is 1. The van der Waals surface area contributed by atoms with Crippen molar-refractivity contribution in [3.63, 3.8) is 0 Å². The highest BCUT2D eigenvalue weighted by molar-refractivity contribution is 5.82. The Labute approximate surface area is 181 Å². The van der Waals surface area contributed by atoms with Crippen LogP contribution in [0.15, 0.2) is 85.1 Å². The molecule has 2 amide bonds. The molecule has 1 aromatic heterocycles. The zero-order valence-electron chi connectivity index (χ0n) is 17.1. The Hall–Kier alpha value is -3.67. The van der Waals surface area contributed by atoms with Gasteiger partial charge in [-0.05, 0) is 35.6 Å². The molecule has 0 bridgehead atoms. The lowest BCUT2D eigenvalue weighted by molar-refractivity contribution is -0.122. The number of rotatable bonds is 8. The van der Waals surface area contributed by atoms with E-state index < -0.39 is 6.09 Å². The normalized spacial score (nSPS) is 17.9. The van der Waals surface area contributed by atoms with E-state index in [1.165, 1.54) is 0 Å². The number of carbonyl (C=O) groups excluding carboxylic acids is 2. The third-order valence-electron chi connectivity index (χ3n) is 5.42. The molecule has 0 aliphatic heterocycles. The fourth-order valence-corrected chi connectivity index (χ4v) is 3.69. The first-order valence-corrected chi connectivity index (χ1v) is 10.4. The van der Waals surface area contributed by atoms with Gasteiger partial charge in [0.05, 0.1) is 18.3 Å². The Bertz CT molecular complexity index is 996. The summed E-state index contributed by atoms with van der Waals surface area (Å²) < 4.78 is 5.40. The highest BCUT2D eigenvalue weighted by Gasteiger charge is 2.48. The topological polar surface area (TPSA) is 80.3 Å². The van der Waals surface area contributed by atoms with Crippen molar-refractivity contribution in [1.29, 1.82) is 0 Å². The Kier molecular flexibility index (Phi) is 6.57. The van der Waals surface area contributed by atoms with Crippen LogP contribution in [0.25, 0.3) is 0 Å². The molecule has 4 rings (SSSR count). The number of nitrogens with one attached hydrogen (secondary N) is 2. The number of aromatic nitrogens is 1. The molecule has 31 heavy (non-hydrogen) atoms. The minimum Gasteiger partial charge on any atom is -0.445 e. The third-order valence-corrected chi connectivity index (χ3v) is 5.42. The number of benzene rings is 2. The van der Waals surface area contributed by atoms with E-state index in [1.54, 1.807) is 6.20 Å². The number of carbonyl (C=O) groups is 2. The second-order valence-electron chi connectivity index (χ2n) is 7.64. The standard InChI is InChI=1S/C25H25N3O3/c29-24(27-16-20-13-7-8-14-26-20)22-15-21(22)23(19-11-5-2-6-12-19)28-25(30)31-17-18-9-3-1-4-10-18/h1-14,21-23H,15-17H2,(H,27,29)(H,28,30)/t21-,22-,23+/m1/s1. The molecule has 3 atom stereocenters. The van der Waals surface area contributed by atoms with E-state index in [0.717, 1.165) is 16.8 Å². The van der Waals surface area contributed by atoms with Gasteiger partial charge in [0.2, 0.25) is 5.91 Å². The first-order valence-electron chi connectivity index (χ1n) is 10.4. The molecule has 6 heteroatoms. The molecule has 0 unspecified atom stereocenters. The highest BCUT2D eigenvalue weighted by Crippen LogP contribution is 2.47. The predicted octanol–water partition coefficient (Wildman–Crippen LogP) is 4.00. The zero-order valence-corrected chi connectivity index (χ0v) is 17.1. The van der Waals surface area contributed by atoms with Crippen molar-refractivity contribution in [3.05, 3.63) is 102 Å². The number of amides is 2. The summed E-state index contributed by atoms with van der Waals surface area (Å²) >= 11 is 0. The van der Waals surface area contributed by atoms with Crippen LogP contribution in [0.2, 0.25) is 0 Å². The molecule has 1 aliphatic carbocycles. The summed E-state index contributed by atoms with van der Waals surface area (Å²) in [5, 5.41) is 5.92. The molecular weight excluding hydrogens is 390 g/mol. The molecule has 2 aromatic carbocycles. The summed E-state index contributed by atoms with van der Waals surface area (Å²) in [7, 11) is 0. The second-order valence-corrected chi connectivity index (χ2v) is 7.64. The van der Waals surface area contributed by atoms with Crippen LogP contribution in [-0.4, -0.2) is 17.0 Å². The molecular formula is C25H25N3O3. The fourth-order valence-electron chi connectivity index (χ4n) is 3.69. The largest absolute Gasteiger partial charge is 0.445 e. The van der Waals surface area contributed by atoms with Gasteiger partial charge in [-0.2, -0.15) is 0 Å². The van der Waals surface area contributed by atoms with E-state index in [0.29, 0.717) is 13.0 Å². The summed E-state index contributed by atoms with van der Waals surface area (Å²) in [5.74, 6) is -0.144. The number of pyridine rings is 1. The van der Waals surface area contributed by atoms with Gasteiger partial charge in [-0.1, -0.05) is 66.7 Å². The quantitative estimate of drug-likeness (QED) is 0.583. The molecule has 1 heterocycles. The van der Waals surface area contributed by atoms with E-state index >= 15 is 0 Å². The van der Waals surface area contributed by atoms with Crippen molar-refractivity contribution < 1.29 is 14.3 Å². The minimum absolute atomic E-state index is 0.0176. The monoisotopic (exact) mass is 415 g/mol. The smallest absolute Gasteiger partial charge is 0.407 e. The van der Waals surface area contributed by atoms with Gasteiger partial charge in [-0.15, -0.1) is 0 Å². The number of hydrogen-bond donors (Lipinski definition) is 2. The third kappa shape index (κ3) is 5.69. The van der Waals surface area contributed by atoms with Crippen LogP contribution in [0, 0.1) is 11.8 Å². The van der Waals surface area contributed by atoms with Crippen LogP contribution in [0.5, 0.6) is 0 Å². The maximum absolute atomic E-state index is 12.6. The number of hydrogen-bond acceptors (Lipinski definition) is 4. The maximum atomic E-state index is 12.6. The number of nitrogens with zero attached hydrogens (tertiary/aromatic N) is 1. The van der Waals surface area contributed by atoms with Gasteiger partial charge in [0.1, 0.15) is 6.61 Å². The van der Waals surface area contributed by atoms with Crippen LogP contribution >= 0.6 is 0 Å². The molecule has 0 saturated heterocycles. The minimum atomic E-state index is -0.489. The van der Waals surface area contributed by atoms with Crippen LogP contribution in [0.4, 0.5) is 4.79 Å². The Morgan fingerprint density at radius 3 is 2.39 bits per heavy atom. The van der Waals surface area contributed by atoms with E-state index in [1.807, 2.05) is 78.9 Å². The Morgan fingerprint density at radius 2 is 1.68 bits per heavy atom. The van der Waals surface area contributed by atoms with Gasteiger partial charge >= 0.3 is 6.09 Å². The van der Waals surface area contributed by atoms with Crippen molar-refractivity contribution in [2.24, 2.45) is 11.8 Å². The van der Waals surface area contributed by atoms with E-state index in [4.69, 9.17) is 4.74 Å². The van der Waals surface area contributed by atoms with Crippen LogP contribution < -0.4 is 10.6 Å². The average Bonchev–Trinajstić information content (AvgIpc) is 3.62. The number of ether oxygens (including phenoxy) is 1. The van der Waals surface area contributed by atoms with E-state index in [9.17, 15) is 9.59 Å². The lowest BCUT2D eigenvalue weighted by Crippen LogP contribution is -2.32. The summed E-state index contributed by atoms with van der Waals surface area (Å²) in [5.41, 5.74) is 2.70. The Morgan fingerprint density at radius 1 is 0.968 bits per heavy atom. The SMILES string of the molecule is O=C(N[C@@H](c1ccccc1)[C@@H]1C[C@H]1C(=O)NCc1ccccn1)OCc1ccccc1. The Balaban J connectivity index is 1.36. The molecule has 1 saturated carbocycles. The fraction of sp³-hybridized carbons (Fsp3) is 0.240. The zero-order chi connectivity index (χ0) is 21.5. The average molecular weight is 415 g/mol. The maximum Gasteiger partial charge on any atom is 0.407 e. The molecule has 3 aromatic rings. The van der Waals surface area contributed by atoms with Crippen molar-refractivity contribution in [2.45, 2.75) is 25.6 Å².